The van der Waals surface area contributed by atoms with Crippen molar-refractivity contribution in [1.82, 2.24) is 0 Å². The third-order valence-electron chi connectivity index (χ3n) is 4.09. The van der Waals surface area contributed by atoms with Gasteiger partial charge in [0.15, 0.2) is 0 Å². The maximum absolute atomic E-state index is 9.03. The molecule has 3 rings (SSSR count). The van der Waals surface area contributed by atoms with E-state index in [-0.39, 0.29) is 12.0 Å². The number of rotatable bonds is 4. The molecule has 2 aliphatic rings. The van der Waals surface area contributed by atoms with Crippen molar-refractivity contribution >= 4 is 0 Å². The molecule has 1 N–H and O–H groups in total. The number of hydrogen-bond donors (Lipinski definition) is 1. The minimum absolute atomic E-state index is 0.134. The Labute approximate surface area is 108 Å². The maximum Gasteiger partial charge on any atom is 0.122 e. The van der Waals surface area contributed by atoms with Crippen LogP contribution in [0, 0.1) is 0 Å². The molecular formula is C15H20O3. The molecule has 0 bridgehead atoms. The van der Waals surface area contributed by atoms with Gasteiger partial charge < -0.3 is 14.6 Å². The lowest BCUT2D eigenvalue weighted by atomic mass is 9.74. The van der Waals surface area contributed by atoms with Gasteiger partial charge in [0.1, 0.15) is 5.75 Å². The SMILES string of the molecule is OCCCC1(c2ccc3c(c2)CCCO3)COC1. The fraction of sp³-hybridized carbons (Fsp3) is 0.600. The fourth-order valence-corrected chi connectivity index (χ4v) is 2.91. The highest BCUT2D eigenvalue weighted by molar-refractivity contribution is 5.42. The van der Waals surface area contributed by atoms with Crippen LogP contribution in [-0.2, 0) is 16.6 Å². The van der Waals surface area contributed by atoms with Crippen LogP contribution in [0.4, 0.5) is 0 Å². The van der Waals surface area contributed by atoms with Gasteiger partial charge in [0.25, 0.3) is 0 Å². The summed E-state index contributed by atoms with van der Waals surface area (Å²) in [6.45, 7) is 2.67. The monoisotopic (exact) mass is 248 g/mol. The lowest BCUT2D eigenvalue weighted by Gasteiger charge is -2.42. The van der Waals surface area contributed by atoms with E-state index in [0.717, 1.165) is 51.3 Å². The second-order valence-corrected chi connectivity index (χ2v) is 5.37. The molecule has 1 fully saturated rings. The number of benzene rings is 1. The summed E-state index contributed by atoms with van der Waals surface area (Å²) in [5.41, 5.74) is 2.82. The third-order valence-corrected chi connectivity index (χ3v) is 4.09. The third kappa shape index (κ3) is 2.02. The second-order valence-electron chi connectivity index (χ2n) is 5.37. The van der Waals surface area contributed by atoms with Gasteiger partial charge in [0, 0.05) is 12.0 Å². The summed E-state index contributed by atoms with van der Waals surface area (Å²) in [7, 11) is 0. The van der Waals surface area contributed by atoms with Gasteiger partial charge in [-0.15, -0.1) is 0 Å². The predicted molar refractivity (Wildman–Crippen MR) is 69.1 cm³/mol. The van der Waals surface area contributed by atoms with Crippen molar-refractivity contribution in [2.45, 2.75) is 31.1 Å². The van der Waals surface area contributed by atoms with E-state index >= 15 is 0 Å². The number of aryl methyl sites for hydroxylation is 1. The molecule has 0 spiro atoms. The van der Waals surface area contributed by atoms with Crippen LogP contribution in [0.2, 0.25) is 0 Å². The molecule has 0 saturated carbocycles. The van der Waals surface area contributed by atoms with E-state index in [1.54, 1.807) is 0 Å². The van der Waals surface area contributed by atoms with E-state index in [9.17, 15) is 0 Å². The summed E-state index contributed by atoms with van der Waals surface area (Å²) in [4.78, 5) is 0. The van der Waals surface area contributed by atoms with Crippen LogP contribution >= 0.6 is 0 Å². The molecule has 3 heteroatoms. The first-order chi connectivity index (χ1) is 8.84. The van der Waals surface area contributed by atoms with Crippen LogP contribution in [0.5, 0.6) is 5.75 Å². The van der Waals surface area contributed by atoms with Crippen molar-refractivity contribution in [3.8, 4) is 5.75 Å². The van der Waals surface area contributed by atoms with Crippen LogP contribution in [0.25, 0.3) is 0 Å². The summed E-state index contributed by atoms with van der Waals surface area (Å²) >= 11 is 0. The van der Waals surface area contributed by atoms with E-state index in [0.29, 0.717) is 0 Å². The van der Waals surface area contributed by atoms with Gasteiger partial charge in [0.05, 0.1) is 19.8 Å². The topological polar surface area (TPSA) is 38.7 Å². The number of hydrogen-bond acceptors (Lipinski definition) is 3. The largest absolute Gasteiger partial charge is 0.493 e. The van der Waals surface area contributed by atoms with Gasteiger partial charge >= 0.3 is 0 Å². The Morgan fingerprint density at radius 2 is 2.17 bits per heavy atom. The van der Waals surface area contributed by atoms with Gasteiger partial charge in [0.2, 0.25) is 0 Å². The van der Waals surface area contributed by atoms with Crippen LogP contribution in [0.3, 0.4) is 0 Å². The average molecular weight is 248 g/mol. The number of aliphatic hydroxyl groups excluding tert-OH is 1. The summed E-state index contributed by atoms with van der Waals surface area (Å²) in [6, 6.07) is 6.56. The Bertz CT molecular complexity index is 424. The van der Waals surface area contributed by atoms with Gasteiger partial charge in [-0.25, -0.2) is 0 Å². The summed E-state index contributed by atoms with van der Waals surface area (Å²) in [5, 5.41) is 9.03. The standard InChI is InChI=1S/C15H20O3/c16-7-2-6-15(10-17-11-15)13-4-5-14-12(9-13)3-1-8-18-14/h4-5,9,16H,1-3,6-8,10-11H2. The zero-order valence-corrected chi connectivity index (χ0v) is 10.7. The fourth-order valence-electron chi connectivity index (χ4n) is 2.91. The molecule has 1 saturated heterocycles. The maximum atomic E-state index is 9.03. The normalized spacial score (nSPS) is 20.7. The Kier molecular flexibility index (Phi) is 3.27. The molecule has 0 atom stereocenters. The van der Waals surface area contributed by atoms with Crippen LogP contribution in [-0.4, -0.2) is 31.5 Å². The molecule has 0 amide bonds. The van der Waals surface area contributed by atoms with Crippen molar-refractivity contribution in [3.05, 3.63) is 29.3 Å². The first-order valence-corrected chi connectivity index (χ1v) is 6.79. The molecule has 0 radical (unpaired) electrons. The minimum Gasteiger partial charge on any atom is -0.493 e. The predicted octanol–water partition coefficient (Wildman–Crippen LogP) is 2.05. The van der Waals surface area contributed by atoms with Crippen LogP contribution < -0.4 is 4.74 Å². The average Bonchev–Trinajstić information content (AvgIpc) is 2.37. The highest BCUT2D eigenvalue weighted by atomic mass is 16.5. The number of fused-ring (bicyclic) bond motifs is 1. The molecule has 0 aromatic heterocycles. The number of aliphatic hydroxyl groups is 1. The lowest BCUT2D eigenvalue weighted by Crippen LogP contribution is -2.46. The van der Waals surface area contributed by atoms with E-state index in [2.05, 4.69) is 18.2 Å². The second kappa shape index (κ2) is 4.90. The quantitative estimate of drug-likeness (QED) is 0.886. The van der Waals surface area contributed by atoms with Crippen molar-refractivity contribution < 1.29 is 14.6 Å². The lowest BCUT2D eigenvalue weighted by molar-refractivity contribution is -0.0665. The zero-order chi connectivity index (χ0) is 12.4. The van der Waals surface area contributed by atoms with E-state index < -0.39 is 0 Å². The van der Waals surface area contributed by atoms with Crippen molar-refractivity contribution in [2.75, 3.05) is 26.4 Å². The van der Waals surface area contributed by atoms with Crippen molar-refractivity contribution in [1.29, 1.82) is 0 Å². The molecule has 2 aliphatic heterocycles. The van der Waals surface area contributed by atoms with Crippen LogP contribution in [0.15, 0.2) is 18.2 Å². The molecule has 18 heavy (non-hydrogen) atoms. The molecular weight excluding hydrogens is 228 g/mol. The molecule has 98 valence electrons. The van der Waals surface area contributed by atoms with Gasteiger partial charge in [-0.3, -0.25) is 0 Å². The van der Waals surface area contributed by atoms with Crippen LogP contribution in [0.1, 0.15) is 30.4 Å². The molecule has 2 heterocycles. The van der Waals surface area contributed by atoms with E-state index in [1.807, 2.05) is 0 Å². The Hall–Kier alpha value is -1.06. The molecule has 1 aromatic rings. The first-order valence-electron chi connectivity index (χ1n) is 6.79. The zero-order valence-electron chi connectivity index (χ0n) is 10.7. The van der Waals surface area contributed by atoms with Gasteiger partial charge in [-0.05, 0) is 42.9 Å². The van der Waals surface area contributed by atoms with E-state index in [4.69, 9.17) is 14.6 Å². The van der Waals surface area contributed by atoms with Gasteiger partial charge in [-0.1, -0.05) is 12.1 Å². The highest BCUT2D eigenvalue weighted by Gasteiger charge is 2.40. The Balaban J connectivity index is 1.86. The minimum atomic E-state index is 0.134. The highest BCUT2D eigenvalue weighted by Crippen LogP contribution is 2.39. The van der Waals surface area contributed by atoms with Gasteiger partial charge in [-0.2, -0.15) is 0 Å². The van der Waals surface area contributed by atoms with Crippen molar-refractivity contribution in [3.63, 3.8) is 0 Å². The molecule has 0 aliphatic carbocycles. The summed E-state index contributed by atoms with van der Waals surface area (Å²) < 4.78 is 11.1. The molecule has 1 aromatic carbocycles. The Morgan fingerprint density at radius 3 is 2.89 bits per heavy atom. The van der Waals surface area contributed by atoms with E-state index in [1.165, 1.54) is 11.1 Å². The smallest absolute Gasteiger partial charge is 0.122 e. The Morgan fingerprint density at radius 1 is 1.28 bits per heavy atom. The first kappa shape index (κ1) is 12.0. The summed E-state index contributed by atoms with van der Waals surface area (Å²) in [5.74, 6) is 1.04. The van der Waals surface area contributed by atoms with Crippen molar-refractivity contribution in [2.24, 2.45) is 0 Å². The molecule has 3 nitrogen and oxygen atoms in total. The molecule has 0 unspecified atom stereocenters. The number of ether oxygens (including phenoxy) is 2. The summed E-state index contributed by atoms with van der Waals surface area (Å²) in [6.07, 6.45) is 4.07.